The van der Waals surface area contributed by atoms with Crippen LogP contribution in [0.2, 0.25) is 0 Å². The van der Waals surface area contributed by atoms with E-state index < -0.39 is 0 Å². The zero-order valence-corrected chi connectivity index (χ0v) is 21.6. The topological polar surface area (TPSA) is 54.9 Å². The fourth-order valence-corrected chi connectivity index (χ4v) is 3.13. The van der Waals surface area contributed by atoms with Crippen LogP contribution in [-0.2, 0) is 0 Å². The molecule has 4 rings (SSSR count). The summed E-state index contributed by atoms with van der Waals surface area (Å²) in [4.78, 5) is 24.2. The lowest BCUT2D eigenvalue weighted by molar-refractivity contribution is 0.990. The lowest BCUT2D eigenvalue weighted by Crippen LogP contribution is -2.15. The van der Waals surface area contributed by atoms with Gasteiger partial charge in [0.2, 0.25) is 5.56 Å². The summed E-state index contributed by atoms with van der Waals surface area (Å²) in [7, 11) is 0. The molecule has 0 atom stereocenters. The number of nitrogens with zero attached hydrogens (tertiary/aromatic N) is 1. The van der Waals surface area contributed by atoms with Crippen LogP contribution >= 0.6 is 67.8 Å². The molecule has 0 aliphatic heterocycles. The number of benzene rings is 2. The number of halogens is 3. The van der Waals surface area contributed by atoms with Crippen molar-refractivity contribution in [1.82, 2.24) is 9.55 Å². The fourth-order valence-electron chi connectivity index (χ4n) is 2.05. The molecule has 2 heterocycles. The molecule has 0 unspecified atom stereocenters. The molecular weight excluding hydrogens is 705 g/mol. The Morgan fingerprint density at radius 2 is 1.14 bits per heavy atom. The van der Waals surface area contributed by atoms with Crippen molar-refractivity contribution in [1.29, 1.82) is 0 Å². The van der Waals surface area contributed by atoms with Crippen molar-refractivity contribution in [2.45, 2.75) is 0 Å². The van der Waals surface area contributed by atoms with Crippen LogP contribution in [0.25, 0.3) is 5.69 Å². The minimum absolute atomic E-state index is 0.00583. The standard InChI is InChI=1S/C11H8INO.C6H4I2.C5H5NO/c12-9-4-6-10(7-5-9)13-8-2-1-3-11(13)14;7-5-1-2-6(8)4-3-5;7-5-3-1-2-4-6-5/h1-8H;1-4H;1-4H,(H,6,7). The van der Waals surface area contributed by atoms with Crippen LogP contribution in [0.4, 0.5) is 0 Å². The second-order valence-corrected chi connectivity index (χ2v) is 9.29. The number of pyridine rings is 2. The van der Waals surface area contributed by atoms with Crippen molar-refractivity contribution in [2.24, 2.45) is 0 Å². The van der Waals surface area contributed by atoms with Gasteiger partial charge >= 0.3 is 0 Å². The largest absolute Gasteiger partial charge is 0.329 e. The molecule has 0 saturated carbocycles. The summed E-state index contributed by atoms with van der Waals surface area (Å²) in [5.74, 6) is 0. The Morgan fingerprint density at radius 3 is 1.55 bits per heavy atom. The van der Waals surface area contributed by atoms with Gasteiger partial charge in [-0.15, -0.1) is 0 Å². The Balaban J connectivity index is 0.000000170. The Kier molecular flexibility index (Phi) is 10.6. The number of nitrogens with one attached hydrogen (secondary N) is 1. The van der Waals surface area contributed by atoms with Gasteiger partial charge in [-0.1, -0.05) is 12.1 Å². The number of aromatic amines is 1. The van der Waals surface area contributed by atoms with Crippen molar-refractivity contribution in [3.05, 3.63) is 129 Å². The third kappa shape index (κ3) is 9.26. The Bertz CT molecular complexity index is 1080. The van der Waals surface area contributed by atoms with Gasteiger partial charge in [-0.25, -0.2) is 0 Å². The summed E-state index contributed by atoms with van der Waals surface area (Å²) in [5, 5.41) is 0. The van der Waals surface area contributed by atoms with Crippen molar-refractivity contribution in [3.63, 3.8) is 0 Å². The smallest absolute Gasteiger partial charge is 0.255 e. The molecule has 0 aliphatic rings. The van der Waals surface area contributed by atoms with E-state index in [1.54, 1.807) is 41.2 Å². The molecule has 2 aromatic heterocycles. The summed E-state index contributed by atoms with van der Waals surface area (Å²) < 4.78 is 5.37. The van der Waals surface area contributed by atoms with E-state index in [0.29, 0.717) is 0 Å². The lowest BCUT2D eigenvalue weighted by Gasteiger charge is -2.03. The van der Waals surface area contributed by atoms with E-state index in [0.717, 1.165) is 9.26 Å². The third-order valence-electron chi connectivity index (χ3n) is 3.41. The molecule has 0 saturated heterocycles. The molecule has 4 nitrogen and oxygen atoms in total. The van der Waals surface area contributed by atoms with Gasteiger partial charge in [0.15, 0.2) is 0 Å². The number of hydrogen-bond donors (Lipinski definition) is 1. The van der Waals surface area contributed by atoms with Gasteiger partial charge in [0.1, 0.15) is 0 Å². The zero-order valence-electron chi connectivity index (χ0n) is 15.1. The van der Waals surface area contributed by atoms with Crippen molar-refractivity contribution in [2.75, 3.05) is 0 Å². The average molecular weight is 722 g/mol. The quantitative estimate of drug-likeness (QED) is 0.256. The first-order valence-corrected chi connectivity index (χ1v) is 11.7. The van der Waals surface area contributed by atoms with Crippen LogP contribution in [0.15, 0.2) is 107 Å². The normalized spacial score (nSPS) is 9.48. The first-order valence-electron chi connectivity index (χ1n) is 8.44. The van der Waals surface area contributed by atoms with E-state index in [-0.39, 0.29) is 11.1 Å². The van der Waals surface area contributed by atoms with Crippen LogP contribution in [0.5, 0.6) is 0 Å². The Labute approximate surface area is 209 Å². The lowest BCUT2D eigenvalue weighted by atomic mass is 10.3. The molecule has 148 valence electrons. The van der Waals surface area contributed by atoms with Crippen molar-refractivity contribution in [3.8, 4) is 5.69 Å². The van der Waals surface area contributed by atoms with Crippen LogP contribution in [0.1, 0.15) is 0 Å². The number of H-pyrrole nitrogens is 1. The summed E-state index contributed by atoms with van der Waals surface area (Å²) in [5.41, 5.74) is 0.840. The van der Waals surface area contributed by atoms with Crippen molar-refractivity contribution >= 4 is 67.8 Å². The number of rotatable bonds is 1. The molecule has 0 fully saturated rings. The van der Waals surface area contributed by atoms with Crippen molar-refractivity contribution < 1.29 is 0 Å². The second kappa shape index (κ2) is 13.0. The first kappa shape index (κ1) is 23.8. The second-order valence-electron chi connectivity index (χ2n) is 5.55. The van der Waals surface area contributed by atoms with Gasteiger partial charge < -0.3 is 4.98 Å². The van der Waals surface area contributed by atoms with E-state index >= 15 is 0 Å². The molecular formula is C22H17I3N2O2. The maximum absolute atomic E-state index is 11.5. The maximum Gasteiger partial charge on any atom is 0.255 e. The molecule has 0 spiro atoms. The van der Waals surface area contributed by atoms with Gasteiger partial charge in [0, 0.05) is 40.9 Å². The average Bonchev–Trinajstić information content (AvgIpc) is 2.73. The van der Waals surface area contributed by atoms with E-state index in [1.165, 1.54) is 13.2 Å². The predicted octanol–water partition coefficient (Wildman–Crippen LogP) is 5.71. The summed E-state index contributed by atoms with van der Waals surface area (Å²) >= 11 is 6.82. The van der Waals surface area contributed by atoms with Gasteiger partial charge in [-0.05, 0) is 128 Å². The molecule has 0 bridgehead atoms. The SMILES string of the molecule is Ic1ccc(I)cc1.O=c1cccc[nH]1.O=c1ccccn1-c1ccc(I)cc1. The van der Waals surface area contributed by atoms with Gasteiger partial charge in [0.05, 0.1) is 0 Å². The molecule has 7 heteroatoms. The molecule has 0 aliphatic carbocycles. The van der Waals surface area contributed by atoms with Crippen LogP contribution in [0.3, 0.4) is 0 Å². The molecule has 0 amide bonds. The van der Waals surface area contributed by atoms with E-state index in [9.17, 15) is 9.59 Å². The minimum Gasteiger partial charge on any atom is -0.329 e. The number of hydrogen-bond acceptors (Lipinski definition) is 2. The molecule has 29 heavy (non-hydrogen) atoms. The highest BCUT2D eigenvalue weighted by Gasteiger charge is 1.96. The fraction of sp³-hybridized carbons (Fsp3) is 0. The number of aromatic nitrogens is 2. The Hall–Kier alpha value is -1.47. The van der Waals surface area contributed by atoms with Crippen LogP contribution in [0, 0.1) is 10.7 Å². The van der Waals surface area contributed by atoms with E-state index in [1.807, 2.05) is 30.3 Å². The molecule has 4 aromatic rings. The highest BCUT2D eigenvalue weighted by molar-refractivity contribution is 14.1. The zero-order chi connectivity index (χ0) is 21.1. The van der Waals surface area contributed by atoms with Gasteiger partial charge in [-0.2, -0.15) is 0 Å². The highest BCUT2D eigenvalue weighted by atomic mass is 127. The van der Waals surface area contributed by atoms with Gasteiger partial charge in [0.25, 0.3) is 5.56 Å². The first-order chi connectivity index (χ1) is 14.0. The molecule has 0 radical (unpaired) electrons. The molecule has 2 aromatic carbocycles. The van der Waals surface area contributed by atoms with Crippen LogP contribution in [-0.4, -0.2) is 9.55 Å². The minimum atomic E-state index is -0.0532. The highest BCUT2D eigenvalue weighted by Crippen LogP contribution is 2.09. The summed E-state index contributed by atoms with van der Waals surface area (Å²) in [6.07, 6.45) is 3.37. The maximum atomic E-state index is 11.5. The monoisotopic (exact) mass is 722 g/mol. The van der Waals surface area contributed by atoms with E-state index in [4.69, 9.17) is 0 Å². The predicted molar refractivity (Wildman–Crippen MR) is 144 cm³/mol. The Morgan fingerprint density at radius 1 is 0.621 bits per heavy atom. The third-order valence-corrected chi connectivity index (χ3v) is 5.57. The molecule has 1 N–H and O–H groups in total. The van der Waals surface area contributed by atoms with Gasteiger partial charge in [-0.3, -0.25) is 14.2 Å². The summed E-state index contributed by atoms with van der Waals surface area (Å²) in [6.45, 7) is 0. The van der Waals surface area contributed by atoms with Crippen LogP contribution < -0.4 is 11.1 Å². The summed E-state index contributed by atoms with van der Waals surface area (Å²) in [6, 6.07) is 26.3. The van der Waals surface area contributed by atoms with E-state index in [2.05, 4.69) is 97.0 Å².